The largest absolute Gasteiger partial charge is 0.352 e. The number of rotatable bonds is 6. The molecular formula is C23H29FN4O. The highest BCUT2D eigenvalue weighted by Crippen LogP contribution is 2.26. The summed E-state index contributed by atoms with van der Waals surface area (Å²) in [5.41, 5.74) is 3.49. The number of amides is 1. The van der Waals surface area contributed by atoms with Gasteiger partial charge in [-0.25, -0.2) is 4.39 Å². The first-order chi connectivity index (χ1) is 14.0. The van der Waals surface area contributed by atoms with Crippen molar-refractivity contribution >= 4 is 17.6 Å². The number of aryl methyl sites for hydroxylation is 1. The minimum Gasteiger partial charge on any atom is -0.352 e. The number of hydrogen-bond acceptors (Lipinski definition) is 2. The monoisotopic (exact) mass is 396 g/mol. The maximum absolute atomic E-state index is 13.4. The summed E-state index contributed by atoms with van der Waals surface area (Å²) < 4.78 is 13.4. The number of guanidine groups is 1. The lowest BCUT2D eigenvalue weighted by Gasteiger charge is -2.14. The first kappa shape index (κ1) is 20.8. The van der Waals surface area contributed by atoms with E-state index in [9.17, 15) is 9.18 Å². The van der Waals surface area contributed by atoms with E-state index in [4.69, 9.17) is 0 Å². The maximum Gasteiger partial charge on any atom is 0.227 e. The van der Waals surface area contributed by atoms with Gasteiger partial charge in [-0.1, -0.05) is 37.1 Å². The average molecular weight is 397 g/mol. The van der Waals surface area contributed by atoms with Crippen LogP contribution in [0.5, 0.6) is 0 Å². The van der Waals surface area contributed by atoms with E-state index in [0.29, 0.717) is 24.6 Å². The molecule has 2 aromatic carbocycles. The molecule has 0 spiro atoms. The number of nitrogens with zero attached hydrogens (tertiary/aromatic N) is 1. The van der Waals surface area contributed by atoms with Gasteiger partial charge in [0.25, 0.3) is 0 Å². The molecule has 0 unspecified atom stereocenters. The van der Waals surface area contributed by atoms with Crippen molar-refractivity contribution < 1.29 is 9.18 Å². The standard InChI is InChI=1S/C23H29FN4O/c1-16-12-18(10-11-21(16)24)15-27-23(25-2)26-14-17-6-5-9-20(13-17)28-22(29)19-7-3-4-8-19/h5-6,9-13,19H,3-4,7-8,14-15H2,1-2H3,(H,28,29)(H2,25,26,27). The molecule has 0 heterocycles. The molecule has 1 fully saturated rings. The quantitative estimate of drug-likeness (QED) is 0.508. The van der Waals surface area contributed by atoms with E-state index in [1.807, 2.05) is 30.3 Å². The van der Waals surface area contributed by atoms with Crippen molar-refractivity contribution in [1.82, 2.24) is 10.6 Å². The van der Waals surface area contributed by atoms with Crippen LogP contribution in [0.25, 0.3) is 0 Å². The Bertz CT molecular complexity index is 875. The Morgan fingerprint density at radius 2 is 1.76 bits per heavy atom. The van der Waals surface area contributed by atoms with Crippen molar-refractivity contribution in [2.75, 3.05) is 12.4 Å². The maximum atomic E-state index is 13.4. The molecule has 0 atom stereocenters. The van der Waals surface area contributed by atoms with Crippen LogP contribution in [-0.4, -0.2) is 18.9 Å². The average Bonchev–Trinajstić information content (AvgIpc) is 3.26. The molecule has 0 aliphatic heterocycles. The van der Waals surface area contributed by atoms with Crippen molar-refractivity contribution in [1.29, 1.82) is 0 Å². The van der Waals surface area contributed by atoms with Crippen LogP contribution in [-0.2, 0) is 17.9 Å². The lowest BCUT2D eigenvalue weighted by Crippen LogP contribution is -2.36. The van der Waals surface area contributed by atoms with Gasteiger partial charge in [0.15, 0.2) is 5.96 Å². The van der Waals surface area contributed by atoms with E-state index in [0.717, 1.165) is 42.5 Å². The summed E-state index contributed by atoms with van der Waals surface area (Å²) in [5, 5.41) is 9.54. The Morgan fingerprint density at radius 3 is 2.41 bits per heavy atom. The molecule has 1 aliphatic rings. The number of benzene rings is 2. The molecule has 6 heteroatoms. The van der Waals surface area contributed by atoms with Gasteiger partial charge in [0.05, 0.1) is 0 Å². The second-order valence-corrected chi connectivity index (χ2v) is 7.53. The van der Waals surface area contributed by atoms with Gasteiger partial charge in [-0.2, -0.15) is 0 Å². The van der Waals surface area contributed by atoms with Gasteiger partial charge in [0.1, 0.15) is 5.82 Å². The van der Waals surface area contributed by atoms with Crippen molar-refractivity contribution in [2.45, 2.75) is 45.7 Å². The van der Waals surface area contributed by atoms with E-state index in [-0.39, 0.29) is 17.6 Å². The molecule has 5 nitrogen and oxygen atoms in total. The lowest BCUT2D eigenvalue weighted by atomic mass is 10.1. The molecule has 1 amide bonds. The summed E-state index contributed by atoms with van der Waals surface area (Å²) >= 11 is 0. The predicted octanol–water partition coefficient (Wildman–Crippen LogP) is 4.13. The smallest absolute Gasteiger partial charge is 0.227 e. The minimum atomic E-state index is -0.198. The van der Waals surface area contributed by atoms with Gasteiger partial charge in [0, 0.05) is 31.7 Å². The van der Waals surface area contributed by atoms with Gasteiger partial charge >= 0.3 is 0 Å². The van der Waals surface area contributed by atoms with Crippen LogP contribution in [0.1, 0.15) is 42.4 Å². The Kier molecular flexibility index (Phi) is 7.22. The molecule has 1 saturated carbocycles. The topological polar surface area (TPSA) is 65.5 Å². The Balaban J connectivity index is 1.51. The van der Waals surface area contributed by atoms with Gasteiger partial charge < -0.3 is 16.0 Å². The van der Waals surface area contributed by atoms with Crippen molar-refractivity contribution in [2.24, 2.45) is 10.9 Å². The zero-order valence-corrected chi connectivity index (χ0v) is 17.1. The number of hydrogen-bond donors (Lipinski definition) is 3. The Morgan fingerprint density at radius 1 is 1.07 bits per heavy atom. The van der Waals surface area contributed by atoms with E-state index in [1.165, 1.54) is 6.07 Å². The highest BCUT2D eigenvalue weighted by Gasteiger charge is 2.22. The molecule has 0 bridgehead atoms. The van der Waals surface area contributed by atoms with E-state index < -0.39 is 0 Å². The van der Waals surface area contributed by atoms with Crippen molar-refractivity contribution in [3.05, 3.63) is 65.0 Å². The molecule has 3 N–H and O–H groups in total. The minimum absolute atomic E-state index is 0.125. The molecule has 1 aliphatic carbocycles. The van der Waals surface area contributed by atoms with Gasteiger partial charge in [0.2, 0.25) is 5.91 Å². The fourth-order valence-corrected chi connectivity index (χ4v) is 3.60. The van der Waals surface area contributed by atoms with Gasteiger partial charge in [-0.3, -0.25) is 9.79 Å². The van der Waals surface area contributed by atoms with Crippen molar-refractivity contribution in [3.8, 4) is 0 Å². The third kappa shape index (κ3) is 6.04. The molecule has 0 radical (unpaired) electrons. The Labute approximate surface area is 171 Å². The Hall–Kier alpha value is -2.89. The third-order valence-electron chi connectivity index (χ3n) is 5.29. The van der Waals surface area contributed by atoms with Gasteiger partial charge in [-0.15, -0.1) is 0 Å². The normalized spacial score (nSPS) is 14.7. The molecule has 0 saturated heterocycles. The molecule has 154 valence electrons. The number of halogens is 1. The molecule has 2 aromatic rings. The van der Waals surface area contributed by atoms with E-state index >= 15 is 0 Å². The van der Waals surface area contributed by atoms with Crippen LogP contribution in [0.4, 0.5) is 10.1 Å². The summed E-state index contributed by atoms with van der Waals surface area (Å²) in [7, 11) is 1.71. The van der Waals surface area contributed by atoms with Crippen LogP contribution in [0.3, 0.4) is 0 Å². The number of nitrogens with one attached hydrogen (secondary N) is 3. The first-order valence-corrected chi connectivity index (χ1v) is 10.1. The number of carbonyl (C=O) groups is 1. The van der Waals surface area contributed by atoms with E-state index in [1.54, 1.807) is 20.0 Å². The molecular weight excluding hydrogens is 367 g/mol. The summed E-state index contributed by atoms with van der Waals surface area (Å²) in [6, 6.07) is 12.9. The SMILES string of the molecule is CN=C(NCc1cccc(NC(=O)C2CCCC2)c1)NCc1ccc(F)c(C)c1. The number of carbonyl (C=O) groups excluding carboxylic acids is 1. The second-order valence-electron chi connectivity index (χ2n) is 7.53. The fourth-order valence-electron chi connectivity index (χ4n) is 3.60. The van der Waals surface area contributed by atoms with Crippen LogP contribution >= 0.6 is 0 Å². The summed E-state index contributed by atoms with van der Waals surface area (Å²) in [4.78, 5) is 16.6. The summed E-state index contributed by atoms with van der Waals surface area (Å²) in [6.45, 7) is 2.89. The van der Waals surface area contributed by atoms with E-state index in [2.05, 4.69) is 20.9 Å². The summed E-state index contributed by atoms with van der Waals surface area (Å²) in [6.07, 6.45) is 4.27. The zero-order chi connectivity index (χ0) is 20.6. The summed E-state index contributed by atoms with van der Waals surface area (Å²) in [5.74, 6) is 0.734. The molecule has 0 aromatic heterocycles. The fraction of sp³-hybridized carbons (Fsp3) is 0.391. The predicted molar refractivity (Wildman–Crippen MR) is 115 cm³/mol. The van der Waals surface area contributed by atoms with Crippen LogP contribution in [0, 0.1) is 18.7 Å². The lowest BCUT2D eigenvalue weighted by molar-refractivity contribution is -0.119. The van der Waals surface area contributed by atoms with Crippen LogP contribution in [0.2, 0.25) is 0 Å². The third-order valence-corrected chi connectivity index (χ3v) is 5.29. The zero-order valence-electron chi connectivity index (χ0n) is 17.1. The van der Waals surface area contributed by atoms with Crippen LogP contribution < -0.4 is 16.0 Å². The van der Waals surface area contributed by atoms with Crippen LogP contribution in [0.15, 0.2) is 47.5 Å². The highest BCUT2D eigenvalue weighted by atomic mass is 19.1. The highest BCUT2D eigenvalue weighted by molar-refractivity contribution is 5.92. The molecule has 29 heavy (non-hydrogen) atoms. The second kappa shape index (κ2) is 10.0. The first-order valence-electron chi connectivity index (χ1n) is 10.1. The van der Waals surface area contributed by atoms with Crippen molar-refractivity contribution in [3.63, 3.8) is 0 Å². The molecule has 3 rings (SSSR count). The van der Waals surface area contributed by atoms with Gasteiger partial charge in [-0.05, 0) is 54.7 Å². The number of anilines is 1. The number of aliphatic imine (C=N–C) groups is 1.